The highest BCUT2D eigenvalue weighted by Gasteiger charge is 2.55. The molecule has 0 aromatic carbocycles. The Labute approximate surface area is 120 Å². The summed E-state index contributed by atoms with van der Waals surface area (Å²) in [4.78, 5) is 14.1. The fourth-order valence-electron chi connectivity index (χ4n) is 3.39. The zero-order valence-electron chi connectivity index (χ0n) is 12.5. The van der Waals surface area contributed by atoms with Crippen LogP contribution in [0.1, 0.15) is 46.5 Å². The van der Waals surface area contributed by atoms with Gasteiger partial charge in [0, 0.05) is 12.0 Å². The third-order valence-electron chi connectivity index (χ3n) is 4.29. The minimum absolute atomic E-state index is 0.174. The van der Waals surface area contributed by atoms with Crippen LogP contribution in [0.2, 0.25) is 0 Å². The van der Waals surface area contributed by atoms with Gasteiger partial charge in [-0.15, -0.1) is 6.42 Å². The van der Waals surface area contributed by atoms with Crippen LogP contribution in [-0.2, 0) is 9.47 Å². The maximum atomic E-state index is 12.3. The molecule has 1 aliphatic heterocycles. The Bertz CT molecular complexity index is 444. The van der Waals surface area contributed by atoms with E-state index in [9.17, 15) is 4.79 Å². The molecule has 2 saturated carbocycles. The van der Waals surface area contributed by atoms with E-state index in [2.05, 4.69) is 5.92 Å². The minimum atomic E-state index is -0.484. The fourth-order valence-corrected chi connectivity index (χ4v) is 3.39. The van der Waals surface area contributed by atoms with E-state index in [4.69, 9.17) is 15.9 Å². The number of terminal acetylenes is 1. The van der Waals surface area contributed by atoms with Gasteiger partial charge < -0.3 is 9.47 Å². The first-order chi connectivity index (χ1) is 9.39. The molecular weight excluding hydrogens is 254 g/mol. The smallest absolute Gasteiger partial charge is 0.411 e. The van der Waals surface area contributed by atoms with Gasteiger partial charge in [-0.25, -0.2) is 4.79 Å². The molecule has 4 nitrogen and oxygen atoms in total. The second-order valence-electron chi connectivity index (χ2n) is 7.16. The Morgan fingerprint density at radius 2 is 2.00 bits per heavy atom. The molecule has 20 heavy (non-hydrogen) atoms. The van der Waals surface area contributed by atoms with Gasteiger partial charge in [-0.3, -0.25) is 4.90 Å². The standard InChI is InChI=1S/C16H23NO3/c1-5-13-12-8-10(9-14(12)19-11-6-7-11)17(13)15(18)20-16(2,3)4/h1,10-14H,6-9H2,2-4H3/t10-,12-,13+,14+/m1/s1. The van der Waals surface area contributed by atoms with Gasteiger partial charge in [0.1, 0.15) is 11.6 Å². The monoisotopic (exact) mass is 277 g/mol. The average molecular weight is 277 g/mol. The Hall–Kier alpha value is -1.21. The lowest BCUT2D eigenvalue weighted by molar-refractivity contribution is -0.0322. The summed E-state index contributed by atoms with van der Waals surface area (Å²) in [5, 5.41) is 0. The minimum Gasteiger partial charge on any atom is -0.444 e. The summed E-state index contributed by atoms with van der Waals surface area (Å²) in [5.41, 5.74) is -0.484. The number of piperidine rings is 1. The first-order valence-electron chi connectivity index (χ1n) is 7.52. The van der Waals surface area contributed by atoms with Crippen LogP contribution in [0.15, 0.2) is 0 Å². The lowest BCUT2D eigenvalue weighted by atomic mass is 9.96. The molecule has 3 rings (SSSR count). The number of likely N-dealkylation sites (tertiary alicyclic amines) is 1. The fraction of sp³-hybridized carbons (Fsp3) is 0.812. The number of nitrogens with zero attached hydrogens (tertiary/aromatic N) is 1. The highest BCUT2D eigenvalue weighted by molar-refractivity contribution is 5.70. The number of fused-ring (bicyclic) bond motifs is 2. The van der Waals surface area contributed by atoms with Gasteiger partial charge in [-0.05, 0) is 46.5 Å². The molecule has 0 radical (unpaired) electrons. The lowest BCUT2D eigenvalue weighted by Gasteiger charge is -2.37. The predicted molar refractivity (Wildman–Crippen MR) is 75.1 cm³/mol. The highest BCUT2D eigenvalue weighted by atomic mass is 16.6. The van der Waals surface area contributed by atoms with E-state index >= 15 is 0 Å². The maximum absolute atomic E-state index is 12.3. The van der Waals surface area contributed by atoms with Crippen molar-refractivity contribution in [2.45, 2.75) is 76.3 Å². The van der Waals surface area contributed by atoms with E-state index in [0.717, 1.165) is 12.8 Å². The summed E-state index contributed by atoms with van der Waals surface area (Å²) in [6.07, 6.45) is 10.2. The zero-order valence-corrected chi connectivity index (χ0v) is 12.5. The second-order valence-corrected chi connectivity index (χ2v) is 7.16. The van der Waals surface area contributed by atoms with Gasteiger partial charge in [0.15, 0.2) is 0 Å². The van der Waals surface area contributed by atoms with Crippen molar-refractivity contribution in [3.8, 4) is 12.3 Å². The molecule has 0 unspecified atom stereocenters. The highest BCUT2D eigenvalue weighted by Crippen LogP contribution is 2.46. The number of carbonyl (C=O) groups excluding carboxylic acids is 1. The van der Waals surface area contributed by atoms with Crippen LogP contribution in [-0.4, -0.2) is 40.9 Å². The Morgan fingerprint density at radius 1 is 1.30 bits per heavy atom. The molecule has 2 aliphatic carbocycles. The van der Waals surface area contributed by atoms with Crippen molar-refractivity contribution in [3.05, 3.63) is 0 Å². The predicted octanol–water partition coefficient (Wildman–Crippen LogP) is 2.57. The molecule has 1 saturated heterocycles. The second kappa shape index (κ2) is 4.66. The number of amides is 1. The number of hydrogen-bond donors (Lipinski definition) is 0. The largest absolute Gasteiger partial charge is 0.444 e. The molecule has 0 aromatic rings. The van der Waals surface area contributed by atoms with Crippen molar-refractivity contribution in [1.29, 1.82) is 0 Å². The topological polar surface area (TPSA) is 38.8 Å². The van der Waals surface area contributed by atoms with E-state index in [1.54, 1.807) is 4.90 Å². The van der Waals surface area contributed by atoms with Crippen LogP contribution in [0.25, 0.3) is 0 Å². The Kier molecular flexibility index (Phi) is 3.21. The summed E-state index contributed by atoms with van der Waals surface area (Å²) in [6, 6.07) is 0.00648. The average Bonchev–Trinajstić information content (AvgIpc) is 2.95. The van der Waals surface area contributed by atoms with Crippen molar-refractivity contribution in [1.82, 2.24) is 4.90 Å². The summed E-state index contributed by atoms with van der Waals surface area (Å²) in [6.45, 7) is 5.63. The molecule has 3 aliphatic rings. The van der Waals surface area contributed by atoms with Crippen molar-refractivity contribution in [2.75, 3.05) is 0 Å². The molecule has 2 bridgehead atoms. The molecule has 1 heterocycles. The normalized spacial score (nSPS) is 36.0. The third kappa shape index (κ3) is 2.52. The molecule has 0 N–H and O–H groups in total. The molecule has 3 fully saturated rings. The zero-order chi connectivity index (χ0) is 14.5. The van der Waals surface area contributed by atoms with Crippen LogP contribution in [0.3, 0.4) is 0 Å². The van der Waals surface area contributed by atoms with E-state index < -0.39 is 5.60 Å². The summed E-state index contributed by atoms with van der Waals surface area (Å²) < 4.78 is 11.5. The van der Waals surface area contributed by atoms with Gasteiger partial charge >= 0.3 is 6.09 Å². The van der Waals surface area contributed by atoms with Crippen molar-refractivity contribution in [3.63, 3.8) is 0 Å². The summed E-state index contributed by atoms with van der Waals surface area (Å²) in [7, 11) is 0. The van der Waals surface area contributed by atoms with Gasteiger partial charge in [-0.2, -0.15) is 0 Å². The van der Waals surface area contributed by atoms with Crippen molar-refractivity contribution < 1.29 is 14.3 Å². The van der Waals surface area contributed by atoms with E-state index in [1.807, 2.05) is 20.8 Å². The molecule has 110 valence electrons. The van der Waals surface area contributed by atoms with Crippen LogP contribution in [0, 0.1) is 18.3 Å². The molecular formula is C16H23NO3. The molecule has 4 heteroatoms. The van der Waals surface area contributed by atoms with E-state index in [-0.39, 0.29) is 30.2 Å². The number of hydrogen-bond acceptors (Lipinski definition) is 3. The molecule has 4 atom stereocenters. The van der Waals surface area contributed by atoms with Crippen LogP contribution >= 0.6 is 0 Å². The van der Waals surface area contributed by atoms with Gasteiger partial charge in [0.2, 0.25) is 0 Å². The van der Waals surface area contributed by atoms with Crippen LogP contribution in [0.5, 0.6) is 0 Å². The van der Waals surface area contributed by atoms with E-state index in [1.165, 1.54) is 12.8 Å². The first-order valence-corrected chi connectivity index (χ1v) is 7.52. The Morgan fingerprint density at radius 3 is 2.55 bits per heavy atom. The van der Waals surface area contributed by atoms with Gasteiger partial charge in [0.25, 0.3) is 0 Å². The molecule has 1 amide bonds. The summed E-state index contributed by atoms with van der Waals surface area (Å²) >= 11 is 0. The first kappa shape index (κ1) is 13.8. The molecule has 0 aromatic heterocycles. The third-order valence-corrected chi connectivity index (χ3v) is 4.29. The van der Waals surface area contributed by atoms with Gasteiger partial charge in [-0.1, -0.05) is 5.92 Å². The lowest BCUT2D eigenvalue weighted by Crippen LogP contribution is -2.50. The van der Waals surface area contributed by atoms with Gasteiger partial charge in [0.05, 0.1) is 12.2 Å². The molecule has 0 spiro atoms. The number of rotatable bonds is 2. The van der Waals surface area contributed by atoms with Crippen molar-refractivity contribution in [2.24, 2.45) is 5.92 Å². The van der Waals surface area contributed by atoms with E-state index in [0.29, 0.717) is 6.10 Å². The quantitative estimate of drug-likeness (QED) is 0.728. The Balaban J connectivity index is 1.69. The van der Waals surface area contributed by atoms with Crippen molar-refractivity contribution >= 4 is 6.09 Å². The summed E-state index contributed by atoms with van der Waals surface area (Å²) in [5.74, 6) is 3.06. The number of ether oxygens (including phenoxy) is 2. The van der Waals surface area contributed by atoms with Crippen LogP contribution < -0.4 is 0 Å². The van der Waals surface area contributed by atoms with Crippen LogP contribution in [0.4, 0.5) is 4.79 Å². The SMILES string of the molecule is C#C[C@H]1[C@H]2C[C@H](C[C@@H]2OC2CC2)N1C(=O)OC(C)(C)C. The number of carbonyl (C=O) groups is 1. The maximum Gasteiger partial charge on any atom is 0.411 e.